The van der Waals surface area contributed by atoms with Crippen LogP contribution >= 0.6 is 11.8 Å². The van der Waals surface area contributed by atoms with E-state index in [4.69, 9.17) is 9.26 Å². The molecule has 1 aromatic heterocycles. The zero-order valence-corrected chi connectivity index (χ0v) is 14.6. The van der Waals surface area contributed by atoms with Crippen molar-refractivity contribution in [2.45, 2.75) is 6.10 Å². The van der Waals surface area contributed by atoms with Gasteiger partial charge in [0.1, 0.15) is 11.7 Å². The van der Waals surface area contributed by atoms with Crippen LogP contribution in [0.25, 0.3) is 0 Å². The molecule has 0 aliphatic heterocycles. The minimum Gasteiger partial charge on any atom is -0.464 e. The average molecular weight is 356 g/mol. The largest absolute Gasteiger partial charge is 0.464 e. The van der Waals surface area contributed by atoms with Gasteiger partial charge in [0, 0.05) is 12.3 Å². The summed E-state index contributed by atoms with van der Waals surface area (Å²) in [4.78, 5) is 26.5. The van der Waals surface area contributed by atoms with E-state index in [2.05, 4.69) is 9.89 Å². The van der Waals surface area contributed by atoms with Crippen molar-refractivity contribution >= 4 is 23.5 Å². The van der Waals surface area contributed by atoms with Crippen molar-refractivity contribution in [3.63, 3.8) is 0 Å². The van der Waals surface area contributed by atoms with E-state index >= 15 is 0 Å². The number of carbonyl (C=O) groups is 2. The number of fused-ring (bicyclic) bond motifs is 1. The van der Waals surface area contributed by atoms with Gasteiger partial charge in [0.05, 0.1) is 25.2 Å². The number of ketones is 1. The molecule has 0 spiro atoms. The van der Waals surface area contributed by atoms with Gasteiger partial charge in [-0.25, -0.2) is 4.79 Å². The predicted octanol–water partition coefficient (Wildman–Crippen LogP) is 0.886. The summed E-state index contributed by atoms with van der Waals surface area (Å²) in [5.41, 5.74) is -0.252. The lowest BCUT2D eigenvalue weighted by molar-refractivity contribution is 0.0586. The summed E-state index contributed by atoms with van der Waals surface area (Å²) in [6.07, 6.45) is 0.266. The van der Waals surface area contributed by atoms with Crippen LogP contribution in [-0.4, -0.2) is 73.6 Å². The molecule has 0 aromatic carbocycles. The molecule has 132 valence electrons. The summed E-state index contributed by atoms with van der Waals surface area (Å²) >= 11 is 1.25. The maximum Gasteiger partial charge on any atom is 0.361 e. The van der Waals surface area contributed by atoms with Gasteiger partial charge in [0.15, 0.2) is 5.76 Å². The lowest BCUT2D eigenvalue weighted by Gasteiger charge is -2.15. The summed E-state index contributed by atoms with van der Waals surface area (Å²) in [6, 6.07) is 0. The molecule has 1 aliphatic carbocycles. The van der Waals surface area contributed by atoms with Gasteiger partial charge in [-0.15, -0.1) is 11.8 Å². The molecule has 0 radical (unpaired) electrons. The van der Waals surface area contributed by atoms with Gasteiger partial charge in [0.25, 0.3) is 0 Å². The van der Waals surface area contributed by atoms with Crippen molar-refractivity contribution in [3.8, 4) is 0 Å². The monoisotopic (exact) mass is 356 g/mol. The number of hydrogen-bond acceptors (Lipinski definition) is 9. The lowest BCUT2D eigenvalue weighted by atomic mass is 9.99. The van der Waals surface area contributed by atoms with Gasteiger partial charge >= 0.3 is 5.97 Å². The predicted molar refractivity (Wildman–Crippen MR) is 87.0 cm³/mol. The second-order valence-corrected chi connectivity index (χ2v) is 6.47. The molecule has 1 aromatic rings. The van der Waals surface area contributed by atoms with Crippen molar-refractivity contribution in [1.29, 1.82) is 0 Å². The van der Waals surface area contributed by atoms with Crippen molar-refractivity contribution in [3.05, 3.63) is 28.0 Å². The third kappa shape index (κ3) is 4.23. The molecule has 0 fully saturated rings. The number of ether oxygens (including phenoxy) is 2. The summed E-state index contributed by atoms with van der Waals surface area (Å²) in [7, 11) is 5.10. The van der Waals surface area contributed by atoms with Gasteiger partial charge in [-0.3, -0.25) is 4.79 Å². The molecule has 1 aliphatic rings. The third-order valence-corrected chi connectivity index (χ3v) is 4.30. The SMILES string of the molecule is COC(=O)c1noc2c1C(=O)C(SCCOCCN(C)C)=CC2O. The number of aliphatic hydroxyl groups excluding tert-OH is 1. The number of thioether (sulfide) groups is 1. The van der Waals surface area contributed by atoms with Crippen LogP contribution < -0.4 is 0 Å². The molecule has 1 N–H and O–H groups in total. The molecule has 9 heteroatoms. The number of aromatic nitrogens is 1. The number of rotatable bonds is 8. The van der Waals surface area contributed by atoms with Crippen molar-refractivity contribution in [2.75, 3.05) is 46.7 Å². The first-order valence-electron chi connectivity index (χ1n) is 7.33. The fraction of sp³-hybridized carbons (Fsp3) is 0.533. The summed E-state index contributed by atoms with van der Waals surface area (Å²) in [5, 5.41) is 13.6. The quantitative estimate of drug-likeness (QED) is 0.537. The second-order valence-electron chi connectivity index (χ2n) is 5.33. The number of likely N-dealkylation sites (N-methyl/N-ethyl adjacent to an activating group) is 1. The fourth-order valence-corrected chi connectivity index (χ4v) is 2.93. The first-order valence-corrected chi connectivity index (χ1v) is 8.32. The summed E-state index contributed by atoms with van der Waals surface area (Å²) < 4.78 is 15.0. The first-order chi connectivity index (χ1) is 11.5. The Morgan fingerprint density at radius 1 is 1.46 bits per heavy atom. The van der Waals surface area contributed by atoms with E-state index in [0.29, 0.717) is 23.9 Å². The molecule has 8 nitrogen and oxygen atoms in total. The summed E-state index contributed by atoms with van der Waals surface area (Å²) in [6.45, 7) is 1.89. The van der Waals surface area contributed by atoms with E-state index < -0.39 is 17.9 Å². The number of Topliss-reactive ketones (excluding diaryl/α,β-unsaturated/α-hetero) is 1. The Kier molecular flexibility index (Phi) is 6.55. The Hall–Kier alpha value is -1.68. The van der Waals surface area contributed by atoms with Crippen molar-refractivity contribution in [1.82, 2.24) is 10.1 Å². The normalized spacial score (nSPS) is 17.0. The van der Waals surface area contributed by atoms with Gasteiger partial charge < -0.3 is 24.0 Å². The van der Waals surface area contributed by atoms with Crippen LogP contribution in [-0.2, 0) is 9.47 Å². The number of carbonyl (C=O) groups excluding carboxylic acids is 2. The van der Waals surface area contributed by atoms with Crippen LogP contribution in [0.5, 0.6) is 0 Å². The Morgan fingerprint density at radius 2 is 2.21 bits per heavy atom. The molecule has 1 atom stereocenters. The van der Waals surface area contributed by atoms with Gasteiger partial charge in [-0.05, 0) is 20.2 Å². The zero-order chi connectivity index (χ0) is 17.7. The second kappa shape index (κ2) is 8.43. The molecular weight excluding hydrogens is 336 g/mol. The van der Waals surface area contributed by atoms with E-state index in [1.807, 2.05) is 19.0 Å². The molecule has 1 heterocycles. The summed E-state index contributed by atoms with van der Waals surface area (Å²) in [5.74, 6) is -0.674. The Morgan fingerprint density at radius 3 is 2.88 bits per heavy atom. The lowest BCUT2D eigenvalue weighted by Crippen LogP contribution is -2.19. The topological polar surface area (TPSA) is 102 Å². The smallest absolute Gasteiger partial charge is 0.361 e. The van der Waals surface area contributed by atoms with Crippen molar-refractivity contribution < 1.29 is 28.7 Å². The molecule has 24 heavy (non-hydrogen) atoms. The maximum atomic E-state index is 12.5. The Labute approximate surface area is 143 Å². The third-order valence-electron chi connectivity index (χ3n) is 3.29. The number of hydrogen-bond donors (Lipinski definition) is 1. The Bertz CT molecular complexity index is 640. The van der Waals surface area contributed by atoms with E-state index in [0.717, 1.165) is 6.54 Å². The number of allylic oxidation sites excluding steroid dienone is 1. The minimum atomic E-state index is -1.12. The molecule has 0 amide bonds. The van der Waals surface area contributed by atoms with E-state index in [-0.39, 0.29) is 17.0 Å². The fourth-order valence-electron chi connectivity index (χ4n) is 2.05. The Balaban J connectivity index is 1.97. The maximum absolute atomic E-state index is 12.5. The van der Waals surface area contributed by atoms with Crippen LogP contribution in [0.4, 0.5) is 0 Å². The molecular formula is C15H20N2O6S. The average Bonchev–Trinajstić information content (AvgIpc) is 2.99. The van der Waals surface area contributed by atoms with Crippen LogP contribution in [0.2, 0.25) is 0 Å². The highest BCUT2D eigenvalue weighted by Gasteiger charge is 2.36. The molecule has 2 rings (SSSR count). The molecule has 0 saturated carbocycles. The molecule has 0 bridgehead atoms. The van der Waals surface area contributed by atoms with Gasteiger partial charge in [0.2, 0.25) is 11.5 Å². The molecule has 1 unspecified atom stereocenters. The highest BCUT2D eigenvalue weighted by atomic mass is 32.2. The number of esters is 1. The van der Waals surface area contributed by atoms with Gasteiger partial charge in [-0.2, -0.15) is 0 Å². The first kappa shape index (κ1) is 18.7. The van der Waals surface area contributed by atoms with Gasteiger partial charge in [-0.1, -0.05) is 5.16 Å². The van der Waals surface area contributed by atoms with Crippen molar-refractivity contribution in [2.24, 2.45) is 0 Å². The van der Waals surface area contributed by atoms with E-state index in [9.17, 15) is 14.7 Å². The number of nitrogens with zero attached hydrogens (tertiary/aromatic N) is 2. The number of methoxy groups -OCH3 is 1. The minimum absolute atomic E-state index is 0.0344. The van der Waals surface area contributed by atoms with Crippen LogP contribution in [0.3, 0.4) is 0 Å². The van der Waals surface area contributed by atoms with Crippen LogP contribution in [0, 0.1) is 0 Å². The van der Waals surface area contributed by atoms with E-state index in [1.165, 1.54) is 24.9 Å². The standard InChI is InChI=1S/C15H20N2O6S/c1-17(2)4-5-22-6-7-24-10-8-9(18)14-11(13(10)19)12(16-23-14)15(20)21-3/h8-9,18H,4-7H2,1-3H3. The van der Waals surface area contributed by atoms with Crippen LogP contribution in [0.1, 0.15) is 32.7 Å². The zero-order valence-electron chi connectivity index (χ0n) is 13.8. The van der Waals surface area contributed by atoms with E-state index in [1.54, 1.807) is 0 Å². The highest BCUT2D eigenvalue weighted by Crippen LogP contribution is 2.35. The number of aliphatic hydroxyl groups is 1. The van der Waals surface area contributed by atoms with Crippen LogP contribution in [0.15, 0.2) is 15.5 Å². The highest BCUT2D eigenvalue weighted by molar-refractivity contribution is 8.04. The molecule has 0 saturated heterocycles.